The van der Waals surface area contributed by atoms with Gasteiger partial charge in [0.05, 0.1) is 6.42 Å². The number of carbonyl (C=O) groups excluding carboxylic acids is 2. The van der Waals surface area contributed by atoms with Crippen LogP contribution in [0.15, 0.2) is 18.2 Å². The number of urea groups is 1. The SMILES string of the molecule is NC(=O)CC(NC(=O)NCc1cc(F)ccc1F)C(=O)O. The average Bonchev–Trinajstić information content (AvgIpc) is 2.38. The Kier molecular flexibility index (Phi) is 5.58. The molecule has 0 aliphatic rings. The van der Waals surface area contributed by atoms with E-state index in [0.717, 1.165) is 18.2 Å². The summed E-state index contributed by atoms with van der Waals surface area (Å²) in [6.07, 6.45) is -0.586. The van der Waals surface area contributed by atoms with Crippen molar-refractivity contribution in [2.45, 2.75) is 19.0 Å². The van der Waals surface area contributed by atoms with Crippen LogP contribution in [0.3, 0.4) is 0 Å². The van der Waals surface area contributed by atoms with Crippen molar-refractivity contribution in [3.8, 4) is 0 Å². The molecule has 9 heteroatoms. The first-order chi connectivity index (χ1) is 9.79. The van der Waals surface area contributed by atoms with Crippen molar-refractivity contribution in [1.29, 1.82) is 0 Å². The topological polar surface area (TPSA) is 122 Å². The van der Waals surface area contributed by atoms with Crippen molar-refractivity contribution in [3.05, 3.63) is 35.4 Å². The van der Waals surface area contributed by atoms with E-state index in [0.29, 0.717) is 0 Å². The first-order valence-corrected chi connectivity index (χ1v) is 5.79. The molecule has 0 saturated heterocycles. The lowest BCUT2D eigenvalue weighted by Gasteiger charge is -2.13. The Morgan fingerprint density at radius 3 is 2.52 bits per heavy atom. The van der Waals surface area contributed by atoms with Crippen LogP contribution in [-0.4, -0.2) is 29.1 Å². The van der Waals surface area contributed by atoms with Gasteiger partial charge in [-0.1, -0.05) is 0 Å². The molecule has 114 valence electrons. The predicted octanol–water partition coefficient (Wildman–Crippen LogP) is 0.0926. The molecule has 5 N–H and O–H groups in total. The van der Waals surface area contributed by atoms with Crippen molar-refractivity contribution in [2.75, 3.05) is 0 Å². The Morgan fingerprint density at radius 2 is 1.95 bits per heavy atom. The summed E-state index contributed by atoms with van der Waals surface area (Å²) in [5.41, 5.74) is 4.74. The van der Waals surface area contributed by atoms with Crippen molar-refractivity contribution in [2.24, 2.45) is 5.73 Å². The highest BCUT2D eigenvalue weighted by molar-refractivity contribution is 5.87. The fourth-order valence-electron chi connectivity index (χ4n) is 1.46. The second-order valence-corrected chi connectivity index (χ2v) is 4.12. The number of primary amides is 1. The van der Waals surface area contributed by atoms with Gasteiger partial charge in [0.2, 0.25) is 5.91 Å². The fraction of sp³-hybridized carbons (Fsp3) is 0.250. The van der Waals surface area contributed by atoms with Crippen LogP contribution in [0.5, 0.6) is 0 Å². The van der Waals surface area contributed by atoms with Crippen molar-refractivity contribution < 1.29 is 28.3 Å². The smallest absolute Gasteiger partial charge is 0.326 e. The Labute approximate surface area is 118 Å². The monoisotopic (exact) mass is 301 g/mol. The minimum Gasteiger partial charge on any atom is -0.480 e. The molecule has 0 bridgehead atoms. The Balaban J connectivity index is 2.58. The highest BCUT2D eigenvalue weighted by atomic mass is 19.1. The number of carboxylic acids is 1. The largest absolute Gasteiger partial charge is 0.480 e. The third-order valence-electron chi connectivity index (χ3n) is 2.46. The molecule has 0 saturated carbocycles. The summed E-state index contributed by atoms with van der Waals surface area (Å²) in [6, 6.07) is 0.268. The number of amides is 3. The number of hydrogen-bond acceptors (Lipinski definition) is 3. The molecule has 1 aromatic rings. The molecule has 0 aliphatic carbocycles. The lowest BCUT2D eigenvalue weighted by atomic mass is 10.2. The summed E-state index contributed by atoms with van der Waals surface area (Å²) in [5, 5.41) is 12.9. The number of rotatable bonds is 6. The maximum atomic E-state index is 13.3. The van der Waals surface area contributed by atoms with E-state index in [2.05, 4.69) is 5.32 Å². The minimum absolute atomic E-state index is 0.105. The number of hydrogen-bond donors (Lipinski definition) is 4. The van der Waals surface area contributed by atoms with E-state index in [1.807, 2.05) is 5.32 Å². The summed E-state index contributed by atoms with van der Waals surface area (Å²) in [5.74, 6) is -3.74. The summed E-state index contributed by atoms with van der Waals surface area (Å²) < 4.78 is 26.2. The van der Waals surface area contributed by atoms with Gasteiger partial charge in [-0.05, 0) is 18.2 Å². The van der Waals surface area contributed by atoms with Crippen molar-refractivity contribution >= 4 is 17.9 Å². The highest BCUT2D eigenvalue weighted by Gasteiger charge is 2.22. The zero-order chi connectivity index (χ0) is 16.0. The molecule has 0 fully saturated rings. The van der Waals surface area contributed by atoms with Gasteiger partial charge >= 0.3 is 12.0 Å². The molecule has 1 atom stereocenters. The first kappa shape index (κ1) is 16.3. The predicted molar refractivity (Wildman–Crippen MR) is 67.0 cm³/mol. The number of carbonyl (C=O) groups is 3. The van der Waals surface area contributed by atoms with E-state index >= 15 is 0 Å². The molecule has 7 nitrogen and oxygen atoms in total. The van der Waals surface area contributed by atoms with Crippen LogP contribution in [0.4, 0.5) is 13.6 Å². The molecule has 0 aliphatic heterocycles. The molecule has 0 heterocycles. The van der Waals surface area contributed by atoms with E-state index in [1.165, 1.54) is 0 Å². The highest BCUT2D eigenvalue weighted by Crippen LogP contribution is 2.09. The lowest BCUT2D eigenvalue weighted by Crippen LogP contribution is -2.47. The number of carboxylic acid groups (broad SMARTS) is 1. The van der Waals surface area contributed by atoms with Crippen LogP contribution in [0.1, 0.15) is 12.0 Å². The third-order valence-corrected chi connectivity index (χ3v) is 2.46. The normalized spacial score (nSPS) is 11.5. The van der Waals surface area contributed by atoms with Gasteiger partial charge in [0.15, 0.2) is 0 Å². The Morgan fingerprint density at radius 1 is 1.29 bits per heavy atom. The summed E-state index contributed by atoms with van der Waals surface area (Å²) in [4.78, 5) is 32.9. The second kappa shape index (κ2) is 7.17. The summed E-state index contributed by atoms with van der Waals surface area (Å²) >= 11 is 0. The quantitative estimate of drug-likeness (QED) is 0.595. The van der Waals surface area contributed by atoms with Gasteiger partial charge in [-0.2, -0.15) is 0 Å². The molecule has 0 radical (unpaired) electrons. The zero-order valence-electron chi connectivity index (χ0n) is 10.7. The van der Waals surface area contributed by atoms with E-state index in [9.17, 15) is 23.2 Å². The van der Waals surface area contributed by atoms with Crippen LogP contribution in [0, 0.1) is 11.6 Å². The Hall–Kier alpha value is -2.71. The molecule has 1 unspecified atom stereocenters. The molecule has 3 amide bonds. The summed E-state index contributed by atoms with van der Waals surface area (Å²) in [6.45, 7) is -0.349. The molecule has 0 spiro atoms. The zero-order valence-corrected chi connectivity index (χ0v) is 10.7. The molecule has 0 aromatic heterocycles. The van der Waals surface area contributed by atoms with E-state index in [4.69, 9.17) is 10.8 Å². The Bertz CT molecular complexity index is 565. The van der Waals surface area contributed by atoms with E-state index in [1.54, 1.807) is 0 Å². The lowest BCUT2D eigenvalue weighted by molar-refractivity contribution is -0.140. The minimum atomic E-state index is -1.50. The number of aliphatic carboxylic acids is 1. The van der Waals surface area contributed by atoms with Crippen LogP contribution in [-0.2, 0) is 16.1 Å². The van der Waals surface area contributed by atoms with Gasteiger partial charge in [-0.25, -0.2) is 18.4 Å². The van der Waals surface area contributed by atoms with E-state index in [-0.39, 0.29) is 12.1 Å². The van der Waals surface area contributed by atoms with Crippen LogP contribution in [0.2, 0.25) is 0 Å². The maximum absolute atomic E-state index is 13.3. The summed E-state index contributed by atoms with van der Waals surface area (Å²) in [7, 11) is 0. The van der Waals surface area contributed by atoms with Crippen LogP contribution < -0.4 is 16.4 Å². The van der Waals surface area contributed by atoms with Crippen molar-refractivity contribution in [3.63, 3.8) is 0 Å². The molecule has 1 aromatic carbocycles. The van der Waals surface area contributed by atoms with Gasteiger partial charge in [0.1, 0.15) is 17.7 Å². The van der Waals surface area contributed by atoms with E-state index < -0.39 is 42.0 Å². The first-order valence-electron chi connectivity index (χ1n) is 5.79. The second-order valence-electron chi connectivity index (χ2n) is 4.12. The molecule has 1 rings (SSSR count). The number of halogens is 2. The number of nitrogens with one attached hydrogen (secondary N) is 2. The maximum Gasteiger partial charge on any atom is 0.326 e. The van der Waals surface area contributed by atoms with Gasteiger partial charge in [-0.3, -0.25) is 4.79 Å². The average molecular weight is 301 g/mol. The van der Waals surface area contributed by atoms with Gasteiger partial charge in [-0.15, -0.1) is 0 Å². The van der Waals surface area contributed by atoms with Gasteiger partial charge in [0.25, 0.3) is 0 Å². The van der Waals surface area contributed by atoms with Crippen molar-refractivity contribution in [1.82, 2.24) is 10.6 Å². The molecular formula is C12H13F2N3O4. The standard InChI is InChI=1S/C12H13F2N3O4/c13-7-1-2-8(14)6(3-7)5-16-12(21)17-9(11(19)20)4-10(15)18/h1-3,9H,4-5H2,(H2,15,18)(H,19,20)(H2,16,17,21). The van der Waals surface area contributed by atoms with Crippen LogP contribution >= 0.6 is 0 Å². The number of nitrogens with two attached hydrogens (primary N) is 1. The molecular weight excluding hydrogens is 288 g/mol. The van der Waals surface area contributed by atoms with Crippen LogP contribution in [0.25, 0.3) is 0 Å². The van der Waals surface area contributed by atoms with Gasteiger partial charge < -0.3 is 21.5 Å². The molecule has 21 heavy (non-hydrogen) atoms. The fourth-order valence-corrected chi connectivity index (χ4v) is 1.46. The number of benzene rings is 1. The third kappa shape index (κ3) is 5.43. The van der Waals surface area contributed by atoms with Gasteiger partial charge in [0, 0.05) is 12.1 Å².